The lowest BCUT2D eigenvalue weighted by molar-refractivity contribution is 0.185. The number of hydrogen-bond acceptors (Lipinski definition) is 5. The Morgan fingerprint density at radius 2 is 1.76 bits per heavy atom. The highest BCUT2D eigenvalue weighted by molar-refractivity contribution is 14.0. The molecule has 0 aliphatic carbocycles. The number of pyridine rings is 1. The molecule has 0 atom stereocenters. The van der Waals surface area contributed by atoms with Gasteiger partial charge in [-0.05, 0) is 48.0 Å². The van der Waals surface area contributed by atoms with Gasteiger partial charge in [0.25, 0.3) is 0 Å². The van der Waals surface area contributed by atoms with E-state index in [4.69, 9.17) is 10.5 Å². The summed E-state index contributed by atoms with van der Waals surface area (Å²) in [4.78, 5) is 13.6. The number of nitrogens with one attached hydrogen (secondary N) is 1. The number of halogens is 2. The van der Waals surface area contributed by atoms with E-state index in [-0.39, 0.29) is 29.8 Å². The van der Waals surface area contributed by atoms with E-state index in [9.17, 15) is 4.39 Å². The van der Waals surface area contributed by atoms with Gasteiger partial charge in [-0.25, -0.2) is 14.4 Å². The molecule has 2 aromatic carbocycles. The zero-order valence-corrected chi connectivity index (χ0v) is 21.5. The third-order valence-corrected chi connectivity index (χ3v) is 5.62. The summed E-state index contributed by atoms with van der Waals surface area (Å²) in [6, 6.07) is 18.5. The minimum atomic E-state index is -0.212. The first-order valence-electron chi connectivity index (χ1n) is 11.0. The van der Waals surface area contributed by atoms with Crippen LogP contribution in [0.25, 0.3) is 0 Å². The average Bonchev–Trinajstić information content (AvgIpc) is 2.85. The van der Waals surface area contributed by atoms with Crippen LogP contribution >= 0.6 is 24.0 Å². The van der Waals surface area contributed by atoms with E-state index in [1.165, 1.54) is 12.1 Å². The largest absolute Gasteiger partial charge is 0.380 e. The molecule has 0 radical (unpaired) electrons. The number of para-hydroxylation sites is 1. The number of hydrogen-bond donors (Lipinski definition) is 2. The van der Waals surface area contributed by atoms with Crippen molar-refractivity contribution < 1.29 is 9.13 Å². The number of anilines is 3. The highest BCUT2D eigenvalue weighted by atomic mass is 127. The van der Waals surface area contributed by atoms with Crippen LogP contribution in [0.15, 0.2) is 71.9 Å². The standard InChI is InChI=1S/C25H29FN6O.HI/c1-33-18-20-4-2-3-5-23(20)30-25(27)29-17-19-10-11-28-24(16-19)32-14-12-31(13-15-32)22-8-6-21(26)7-9-22;/h2-11,16H,12-15,17-18H2,1H3,(H3,27,29,30);1H. The number of aliphatic imine (C=N–C) groups is 1. The van der Waals surface area contributed by atoms with Gasteiger partial charge in [-0.15, -0.1) is 24.0 Å². The van der Waals surface area contributed by atoms with E-state index < -0.39 is 0 Å². The molecule has 2 heterocycles. The number of guanidine groups is 1. The number of nitrogens with two attached hydrogens (primary N) is 1. The molecule has 0 amide bonds. The first kappa shape index (κ1) is 25.7. The van der Waals surface area contributed by atoms with Crippen LogP contribution in [-0.4, -0.2) is 44.2 Å². The minimum Gasteiger partial charge on any atom is -0.380 e. The Hall–Kier alpha value is -2.92. The van der Waals surface area contributed by atoms with Crippen LogP contribution in [0.3, 0.4) is 0 Å². The Morgan fingerprint density at radius 3 is 2.50 bits per heavy atom. The Bertz CT molecular complexity index is 1090. The van der Waals surface area contributed by atoms with Gasteiger partial charge in [0, 0.05) is 56.4 Å². The second-order valence-corrected chi connectivity index (χ2v) is 7.89. The molecular formula is C25H30FIN6O. The molecule has 1 aliphatic rings. The van der Waals surface area contributed by atoms with Gasteiger partial charge < -0.3 is 25.6 Å². The van der Waals surface area contributed by atoms with Crippen molar-refractivity contribution in [3.05, 3.63) is 83.8 Å². The van der Waals surface area contributed by atoms with Gasteiger partial charge in [-0.2, -0.15) is 0 Å². The molecule has 1 aromatic heterocycles. The number of benzene rings is 2. The fourth-order valence-electron chi connectivity index (χ4n) is 3.86. The van der Waals surface area contributed by atoms with Crippen molar-refractivity contribution in [1.82, 2.24) is 4.98 Å². The van der Waals surface area contributed by atoms with Crippen LogP contribution in [0, 0.1) is 5.82 Å². The molecule has 4 rings (SSSR count). The molecule has 0 unspecified atom stereocenters. The molecule has 3 N–H and O–H groups in total. The summed E-state index contributed by atoms with van der Waals surface area (Å²) in [5.41, 5.74) is 10.1. The molecule has 0 spiro atoms. The van der Waals surface area contributed by atoms with E-state index >= 15 is 0 Å². The molecule has 9 heteroatoms. The highest BCUT2D eigenvalue weighted by Crippen LogP contribution is 2.21. The van der Waals surface area contributed by atoms with E-state index in [0.29, 0.717) is 19.1 Å². The van der Waals surface area contributed by atoms with Crippen LogP contribution < -0.4 is 20.9 Å². The van der Waals surface area contributed by atoms with Gasteiger partial charge in [0.1, 0.15) is 11.6 Å². The summed E-state index contributed by atoms with van der Waals surface area (Å²) in [6.45, 7) is 4.35. The molecule has 180 valence electrons. The molecule has 0 saturated carbocycles. The van der Waals surface area contributed by atoms with Gasteiger partial charge >= 0.3 is 0 Å². The van der Waals surface area contributed by atoms with Crippen LogP contribution in [0.1, 0.15) is 11.1 Å². The summed E-state index contributed by atoms with van der Waals surface area (Å²) in [6.07, 6.45) is 1.81. The highest BCUT2D eigenvalue weighted by Gasteiger charge is 2.18. The number of aromatic nitrogens is 1. The molecule has 0 bridgehead atoms. The smallest absolute Gasteiger partial charge is 0.193 e. The predicted octanol–water partition coefficient (Wildman–Crippen LogP) is 4.24. The fourth-order valence-corrected chi connectivity index (χ4v) is 3.86. The fraction of sp³-hybridized carbons (Fsp3) is 0.280. The number of rotatable bonds is 7. The monoisotopic (exact) mass is 576 g/mol. The maximum Gasteiger partial charge on any atom is 0.193 e. The third kappa shape index (κ3) is 6.80. The molecule has 7 nitrogen and oxygen atoms in total. The van der Waals surface area contributed by atoms with Crippen molar-refractivity contribution in [3.63, 3.8) is 0 Å². The number of ether oxygens (including phenoxy) is 1. The lowest BCUT2D eigenvalue weighted by Crippen LogP contribution is -2.46. The molecule has 34 heavy (non-hydrogen) atoms. The average molecular weight is 576 g/mol. The third-order valence-electron chi connectivity index (χ3n) is 5.62. The normalized spacial score (nSPS) is 14.0. The lowest BCUT2D eigenvalue weighted by atomic mass is 10.2. The van der Waals surface area contributed by atoms with Crippen molar-refractivity contribution in [2.75, 3.05) is 48.4 Å². The SMILES string of the molecule is COCc1ccccc1NC(N)=NCc1ccnc(N2CCN(c3ccc(F)cc3)CC2)c1.I. The van der Waals surface area contributed by atoms with Crippen LogP contribution in [0.4, 0.5) is 21.6 Å². The first-order chi connectivity index (χ1) is 16.1. The first-order valence-corrected chi connectivity index (χ1v) is 11.0. The Balaban J connectivity index is 0.00000324. The van der Waals surface area contributed by atoms with Gasteiger partial charge in [-0.1, -0.05) is 18.2 Å². The summed E-state index contributed by atoms with van der Waals surface area (Å²) >= 11 is 0. The van der Waals surface area contributed by atoms with Crippen molar-refractivity contribution >= 4 is 47.1 Å². The molecule has 1 saturated heterocycles. The molecule has 1 aliphatic heterocycles. The zero-order valence-electron chi connectivity index (χ0n) is 19.2. The van der Waals surface area contributed by atoms with Crippen LogP contribution in [0.5, 0.6) is 0 Å². The maximum absolute atomic E-state index is 13.2. The Labute approximate surface area is 216 Å². The number of methoxy groups -OCH3 is 1. The van der Waals surface area contributed by atoms with E-state index in [1.807, 2.05) is 48.7 Å². The minimum absolute atomic E-state index is 0. The quantitative estimate of drug-likeness (QED) is 0.249. The zero-order chi connectivity index (χ0) is 23.0. The van der Waals surface area contributed by atoms with Gasteiger partial charge in [0.05, 0.1) is 13.2 Å². The summed E-state index contributed by atoms with van der Waals surface area (Å²) < 4.78 is 18.4. The topological polar surface area (TPSA) is 79.0 Å². The van der Waals surface area contributed by atoms with Crippen LogP contribution in [-0.2, 0) is 17.9 Å². The van der Waals surface area contributed by atoms with Crippen molar-refractivity contribution in [3.8, 4) is 0 Å². The lowest BCUT2D eigenvalue weighted by Gasteiger charge is -2.36. The van der Waals surface area contributed by atoms with Gasteiger partial charge in [-0.3, -0.25) is 0 Å². The predicted molar refractivity (Wildman–Crippen MR) is 147 cm³/mol. The summed E-state index contributed by atoms with van der Waals surface area (Å²) in [5, 5.41) is 3.16. The summed E-state index contributed by atoms with van der Waals surface area (Å²) in [7, 11) is 1.66. The maximum atomic E-state index is 13.2. The van der Waals surface area contributed by atoms with E-state index in [0.717, 1.165) is 54.5 Å². The van der Waals surface area contributed by atoms with Crippen molar-refractivity contribution in [2.24, 2.45) is 10.7 Å². The second-order valence-electron chi connectivity index (χ2n) is 7.89. The molecular weight excluding hydrogens is 546 g/mol. The van der Waals surface area contributed by atoms with E-state index in [2.05, 4.69) is 31.2 Å². The van der Waals surface area contributed by atoms with Gasteiger partial charge in [0.15, 0.2) is 5.96 Å². The van der Waals surface area contributed by atoms with Crippen LogP contribution in [0.2, 0.25) is 0 Å². The van der Waals surface area contributed by atoms with E-state index in [1.54, 1.807) is 7.11 Å². The number of piperazine rings is 1. The number of nitrogens with zero attached hydrogens (tertiary/aromatic N) is 4. The van der Waals surface area contributed by atoms with Gasteiger partial charge in [0.2, 0.25) is 0 Å². The Morgan fingerprint density at radius 1 is 1.06 bits per heavy atom. The molecule has 3 aromatic rings. The Kier molecular flexibility index (Phi) is 9.46. The van der Waals surface area contributed by atoms with Crippen molar-refractivity contribution in [1.29, 1.82) is 0 Å². The summed E-state index contributed by atoms with van der Waals surface area (Å²) in [5.74, 6) is 1.07. The van der Waals surface area contributed by atoms with Crippen molar-refractivity contribution in [2.45, 2.75) is 13.2 Å². The molecule has 1 fully saturated rings. The second kappa shape index (κ2) is 12.5.